The van der Waals surface area contributed by atoms with Gasteiger partial charge in [-0.3, -0.25) is 4.99 Å². The Kier molecular flexibility index (Phi) is 8.82. The van der Waals surface area contributed by atoms with Crippen LogP contribution in [0.15, 0.2) is 29.3 Å². The van der Waals surface area contributed by atoms with Crippen molar-refractivity contribution in [3.63, 3.8) is 0 Å². The van der Waals surface area contributed by atoms with Crippen LogP contribution in [0.2, 0.25) is 0 Å². The maximum absolute atomic E-state index is 11.1. The molecule has 0 radical (unpaired) electrons. The van der Waals surface area contributed by atoms with E-state index < -0.39 is 9.84 Å². The van der Waals surface area contributed by atoms with Crippen LogP contribution in [0.1, 0.15) is 43.7 Å². The molecule has 2 N–H and O–H groups in total. The zero-order chi connectivity index (χ0) is 18.0. The second-order valence-corrected chi connectivity index (χ2v) is 8.67. The summed E-state index contributed by atoms with van der Waals surface area (Å²) in [5.74, 6) is 1.49. The second kappa shape index (κ2) is 10.3. The number of hydrogen-bond donors (Lipinski definition) is 2. The van der Waals surface area contributed by atoms with E-state index in [9.17, 15) is 8.42 Å². The van der Waals surface area contributed by atoms with Gasteiger partial charge in [0.15, 0.2) is 5.96 Å². The van der Waals surface area contributed by atoms with Gasteiger partial charge in [0.1, 0.15) is 9.84 Å². The smallest absolute Gasteiger partial charge is 0.190 e. The fourth-order valence-electron chi connectivity index (χ4n) is 2.33. The van der Waals surface area contributed by atoms with E-state index in [2.05, 4.69) is 53.7 Å². The molecule has 1 aromatic rings. The molecule has 0 saturated carbocycles. The Morgan fingerprint density at radius 2 is 1.67 bits per heavy atom. The molecule has 24 heavy (non-hydrogen) atoms. The van der Waals surface area contributed by atoms with Crippen LogP contribution in [0.3, 0.4) is 0 Å². The molecular formula is C18H31N3O2S. The van der Waals surface area contributed by atoms with Crippen molar-refractivity contribution in [1.82, 2.24) is 10.6 Å². The van der Waals surface area contributed by atoms with Crippen molar-refractivity contribution in [2.45, 2.75) is 39.0 Å². The fourth-order valence-corrected chi connectivity index (χ4v) is 3.00. The lowest BCUT2D eigenvalue weighted by atomic mass is 10.0. The quantitative estimate of drug-likeness (QED) is 0.406. The minimum atomic E-state index is -2.89. The summed E-state index contributed by atoms with van der Waals surface area (Å²) >= 11 is 0. The zero-order valence-electron chi connectivity index (χ0n) is 15.3. The third-order valence-electron chi connectivity index (χ3n) is 3.79. The molecule has 0 aliphatic carbocycles. The SMILES string of the molecule is CN=C(NCCCc1ccc(C(C)C)cc1)NCCCS(C)(=O)=O. The van der Waals surface area contributed by atoms with Crippen molar-refractivity contribution >= 4 is 15.8 Å². The Hall–Kier alpha value is -1.56. The van der Waals surface area contributed by atoms with Gasteiger partial charge in [0, 0.05) is 26.4 Å². The monoisotopic (exact) mass is 353 g/mol. The van der Waals surface area contributed by atoms with Crippen molar-refractivity contribution in [2.75, 3.05) is 32.1 Å². The molecule has 136 valence electrons. The zero-order valence-corrected chi connectivity index (χ0v) is 16.1. The van der Waals surface area contributed by atoms with E-state index in [1.807, 2.05) is 0 Å². The number of nitrogens with zero attached hydrogens (tertiary/aromatic N) is 1. The van der Waals surface area contributed by atoms with Gasteiger partial charge < -0.3 is 10.6 Å². The van der Waals surface area contributed by atoms with E-state index in [-0.39, 0.29) is 5.75 Å². The molecule has 0 heterocycles. The summed E-state index contributed by atoms with van der Waals surface area (Å²) in [5.41, 5.74) is 2.72. The Morgan fingerprint density at radius 3 is 2.17 bits per heavy atom. The predicted octanol–water partition coefficient (Wildman–Crippen LogP) is 2.34. The molecule has 0 bridgehead atoms. The van der Waals surface area contributed by atoms with Gasteiger partial charge >= 0.3 is 0 Å². The third kappa shape index (κ3) is 8.91. The van der Waals surface area contributed by atoms with E-state index >= 15 is 0 Å². The minimum absolute atomic E-state index is 0.198. The number of aryl methyl sites for hydroxylation is 1. The van der Waals surface area contributed by atoms with Crippen molar-refractivity contribution < 1.29 is 8.42 Å². The van der Waals surface area contributed by atoms with Gasteiger partial charge in [-0.1, -0.05) is 38.1 Å². The first-order chi connectivity index (χ1) is 11.3. The Balaban J connectivity index is 2.22. The number of guanidine groups is 1. The molecule has 0 aliphatic heterocycles. The number of nitrogens with one attached hydrogen (secondary N) is 2. The van der Waals surface area contributed by atoms with Crippen LogP contribution in [0, 0.1) is 0 Å². The van der Waals surface area contributed by atoms with E-state index in [1.54, 1.807) is 7.05 Å². The molecule has 0 atom stereocenters. The van der Waals surface area contributed by atoms with Crippen LogP contribution < -0.4 is 10.6 Å². The van der Waals surface area contributed by atoms with Crippen LogP contribution in [0.5, 0.6) is 0 Å². The lowest BCUT2D eigenvalue weighted by molar-refractivity contribution is 0.598. The lowest BCUT2D eigenvalue weighted by Crippen LogP contribution is -2.38. The highest BCUT2D eigenvalue weighted by molar-refractivity contribution is 7.90. The summed E-state index contributed by atoms with van der Waals surface area (Å²) < 4.78 is 22.2. The van der Waals surface area contributed by atoms with Gasteiger partial charge in [0.25, 0.3) is 0 Å². The first-order valence-electron chi connectivity index (χ1n) is 8.53. The summed E-state index contributed by atoms with van der Waals surface area (Å²) in [6.45, 7) is 5.84. The van der Waals surface area contributed by atoms with E-state index in [0.29, 0.717) is 18.9 Å². The van der Waals surface area contributed by atoms with Crippen LogP contribution in [0.4, 0.5) is 0 Å². The Bertz CT molecular complexity index is 608. The van der Waals surface area contributed by atoms with Gasteiger partial charge in [-0.2, -0.15) is 0 Å². The average molecular weight is 354 g/mol. The molecule has 0 spiro atoms. The number of hydrogen-bond acceptors (Lipinski definition) is 3. The van der Waals surface area contributed by atoms with Crippen LogP contribution >= 0.6 is 0 Å². The summed E-state index contributed by atoms with van der Waals surface area (Å²) in [5, 5.41) is 6.39. The van der Waals surface area contributed by atoms with Crippen LogP contribution in [0.25, 0.3) is 0 Å². The molecule has 0 aromatic heterocycles. The maximum Gasteiger partial charge on any atom is 0.190 e. The van der Waals surface area contributed by atoms with E-state index in [4.69, 9.17) is 0 Å². The van der Waals surface area contributed by atoms with Crippen molar-refractivity contribution in [3.05, 3.63) is 35.4 Å². The molecular weight excluding hydrogens is 322 g/mol. The molecule has 0 fully saturated rings. The molecule has 0 aliphatic rings. The summed E-state index contributed by atoms with van der Waals surface area (Å²) in [7, 11) is -1.17. The highest BCUT2D eigenvalue weighted by Gasteiger charge is 2.03. The number of rotatable bonds is 9. The van der Waals surface area contributed by atoms with Gasteiger partial charge in [-0.05, 0) is 36.3 Å². The van der Waals surface area contributed by atoms with E-state index in [0.717, 1.165) is 25.3 Å². The predicted molar refractivity (Wildman–Crippen MR) is 103 cm³/mol. The second-order valence-electron chi connectivity index (χ2n) is 6.41. The first kappa shape index (κ1) is 20.5. The van der Waals surface area contributed by atoms with Gasteiger partial charge in [0.05, 0.1) is 5.75 Å². The molecule has 0 saturated heterocycles. The van der Waals surface area contributed by atoms with Crippen molar-refractivity contribution in [3.8, 4) is 0 Å². The topological polar surface area (TPSA) is 70.6 Å². The minimum Gasteiger partial charge on any atom is -0.356 e. The Morgan fingerprint density at radius 1 is 1.08 bits per heavy atom. The largest absolute Gasteiger partial charge is 0.356 e. The van der Waals surface area contributed by atoms with Gasteiger partial charge in [-0.15, -0.1) is 0 Å². The van der Waals surface area contributed by atoms with Crippen LogP contribution in [-0.2, 0) is 16.3 Å². The highest BCUT2D eigenvalue weighted by atomic mass is 32.2. The summed E-state index contributed by atoms with van der Waals surface area (Å²) in [6, 6.07) is 8.81. The van der Waals surface area contributed by atoms with E-state index in [1.165, 1.54) is 17.4 Å². The Labute approximate surface area is 146 Å². The summed E-state index contributed by atoms with van der Waals surface area (Å²) in [4.78, 5) is 4.14. The van der Waals surface area contributed by atoms with Gasteiger partial charge in [-0.25, -0.2) is 8.42 Å². The fraction of sp³-hybridized carbons (Fsp3) is 0.611. The number of benzene rings is 1. The lowest BCUT2D eigenvalue weighted by Gasteiger charge is -2.12. The molecule has 1 rings (SSSR count). The standard InChI is InChI=1S/C18H31N3O2S/c1-15(2)17-10-8-16(9-11-17)7-5-12-20-18(19-3)21-13-6-14-24(4,22)23/h8-11,15H,5-7,12-14H2,1-4H3,(H2,19,20,21). The number of aliphatic imine (C=N–C) groups is 1. The van der Waals surface area contributed by atoms with Crippen LogP contribution in [-0.4, -0.2) is 46.5 Å². The van der Waals surface area contributed by atoms with Crippen molar-refractivity contribution in [1.29, 1.82) is 0 Å². The molecule has 1 aromatic carbocycles. The van der Waals surface area contributed by atoms with Crippen molar-refractivity contribution in [2.24, 2.45) is 4.99 Å². The highest BCUT2D eigenvalue weighted by Crippen LogP contribution is 2.15. The third-order valence-corrected chi connectivity index (χ3v) is 4.82. The van der Waals surface area contributed by atoms with Gasteiger partial charge in [0.2, 0.25) is 0 Å². The molecule has 5 nitrogen and oxygen atoms in total. The summed E-state index contributed by atoms with van der Waals surface area (Å²) in [6.07, 6.45) is 3.89. The molecule has 0 amide bonds. The normalized spacial score (nSPS) is 12.5. The maximum atomic E-state index is 11.1. The molecule has 6 heteroatoms. The number of sulfone groups is 1. The molecule has 0 unspecified atom stereocenters. The first-order valence-corrected chi connectivity index (χ1v) is 10.6. The average Bonchev–Trinajstić information content (AvgIpc) is 2.52.